The van der Waals surface area contributed by atoms with Crippen LogP contribution >= 0.6 is 0 Å². The van der Waals surface area contributed by atoms with E-state index in [1.165, 1.54) is 12.1 Å². The van der Waals surface area contributed by atoms with Gasteiger partial charge in [0.05, 0.1) is 0 Å². The number of nitrogens with zero attached hydrogens (tertiary/aromatic N) is 2. The van der Waals surface area contributed by atoms with Crippen LogP contribution in [0.2, 0.25) is 0 Å². The van der Waals surface area contributed by atoms with Crippen LogP contribution in [0.5, 0.6) is 0 Å². The van der Waals surface area contributed by atoms with Crippen LogP contribution in [0.15, 0.2) is 23.4 Å². The third-order valence-electron chi connectivity index (χ3n) is 3.52. The van der Waals surface area contributed by atoms with Crippen molar-refractivity contribution in [2.75, 3.05) is 20.1 Å². The van der Waals surface area contributed by atoms with Crippen LogP contribution in [0.4, 0.5) is 4.39 Å². The molecule has 118 valence electrons. The number of rotatable bonds is 8. The fourth-order valence-electron chi connectivity index (χ4n) is 1.93. The van der Waals surface area contributed by atoms with Gasteiger partial charge in [-0.1, -0.05) is 11.2 Å². The van der Waals surface area contributed by atoms with Crippen molar-refractivity contribution < 1.29 is 9.60 Å². The van der Waals surface area contributed by atoms with E-state index in [9.17, 15) is 4.39 Å². The van der Waals surface area contributed by atoms with Crippen molar-refractivity contribution in [3.8, 4) is 0 Å². The number of oxime groups is 1. The Balaban J connectivity index is 2.49. The Hall–Kier alpha value is -1.66. The number of nitrogens with two attached hydrogens (primary N) is 1. The molecule has 0 saturated heterocycles. The Morgan fingerprint density at radius 1 is 1.48 bits per heavy atom. The molecule has 0 amide bonds. The van der Waals surface area contributed by atoms with Gasteiger partial charge in [-0.05, 0) is 58.1 Å². The predicted molar refractivity (Wildman–Crippen MR) is 83.0 cm³/mol. The Bertz CT molecular complexity index is 477. The largest absolute Gasteiger partial charge is 0.409 e. The molecular formula is C15H25FN4O. The quantitative estimate of drug-likeness (QED) is 0.225. The lowest BCUT2D eigenvalue weighted by Crippen LogP contribution is -2.29. The molecule has 1 aromatic rings. The second-order valence-electron chi connectivity index (χ2n) is 5.39. The fourth-order valence-corrected chi connectivity index (χ4v) is 1.93. The minimum atomic E-state index is -0.404. The zero-order valence-electron chi connectivity index (χ0n) is 12.9. The van der Waals surface area contributed by atoms with Gasteiger partial charge in [-0.3, -0.25) is 0 Å². The fraction of sp³-hybridized carbons (Fsp3) is 0.533. The Kier molecular flexibility index (Phi) is 7.11. The maximum Gasteiger partial charge on any atom is 0.170 e. The van der Waals surface area contributed by atoms with Crippen molar-refractivity contribution in [1.82, 2.24) is 10.2 Å². The molecule has 1 aromatic carbocycles. The van der Waals surface area contributed by atoms with Gasteiger partial charge in [-0.2, -0.15) is 0 Å². The summed E-state index contributed by atoms with van der Waals surface area (Å²) in [5.74, 6) is -0.482. The average Bonchev–Trinajstić information content (AvgIpc) is 2.46. The molecule has 0 bridgehead atoms. The molecule has 1 rings (SSSR count). The van der Waals surface area contributed by atoms with Crippen molar-refractivity contribution in [3.63, 3.8) is 0 Å². The van der Waals surface area contributed by atoms with E-state index in [-0.39, 0.29) is 5.84 Å². The van der Waals surface area contributed by atoms with Crippen molar-refractivity contribution >= 4 is 5.84 Å². The summed E-state index contributed by atoms with van der Waals surface area (Å²) in [4.78, 5) is 2.28. The van der Waals surface area contributed by atoms with E-state index in [1.807, 2.05) is 0 Å². The minimum absolute atomic E-state index is 0.0779. The lowest BCUT2D eigenvalue weighted by atomic mass is 10.1. The van der Waals surface area contributed by atoms with Gasteiger partial charge in [0.1, 0.15) is 5.82 Å². The molecule has 0 unspecified atom stereocenters. The summed E-state index contributed by atoms with van der Waals surface area (Å²) in [6, 6.07) is 4.83. The highest BCUT2D eigenvalue weighted by atomic mass is 19.1. The number of benzene rings is 1. The first kappa shape index (κ1) is 17.4. The Morgan fingerprint density at radius 3 is 2.81 bits per heavy atom. The molecule has 21 heavy (non-hydrogen) atoms. The van der Waals surface area contributed by atoms with Gasteiger partial charge in [0.2, 0.25) is 0 Å². The Labute approximate surface area is 125 Å². The van der Waals surface area contributed by atoms with E-state index in [0.29, 0.717) is 18.2 Å². The Morgan fingerprint density at radius 2 is 2.19 bits per heavy atom. The zero-order valence-corrected chi connectivity index (χ0v) is 12.9. The lowest BCUT2D eigenvalue weighted by Gasteiger charge is -2.20. The van der Waals surface area contributed by atoms with Crippen molar-refractivity contribution in [1.29, 1.82) is 0 Å². The topological polar surface area (TPSA) is 73.9 Å². The summed E-state index contributed by atoms with van der Waals surface area (Å²) in [5.41, 5.74) is 6.80. The van der Waals surface area contributed by atoms with Crippen LogP contribution in [0, 0.1) is 5.82 Å². The normalized spacial score (nSPS) is 12.4. The highest BCUT2D eigenvalue weighted by molar-refractivity contribution is 5.98. The van der Waals surface area contributed by atoms with E-state index >= 15 is 0 Å². The van der Waals surface area contributed by atoms with Gasteiger partial charge < -0.3 is 21.2 Å². The molecule has 0 aliphatic carbocycles. The first-order valence-electron chi connectivity index (χ1n) is 7.13. The van der Waals surface area contributed by atoms with Crippen molar-refractivity contribution in [3.05, 3.63) is 35.1 Å². The smallest absolute Gasteiger partial charge is 0.170 e. The first-order valence-corrected chi connectivity index (χ1v) is 7.13. The number of nitrogens with one attached hydrogen (secondary N) is 1. The second kappa shape index (κ2) is 8.59. The summed E-state index contributed by atoms with van der Waals surface area (Å²) in [6.45, 7) is 6.74. The van der Waals surface area contributed by atoms with Gasteiger partial charge in [0.15, 0.2) is 5.84 Å². The highest BCUT2D eigenvalue weighted by Gasteiger charge is 2.08. The monoisotopic (exact) mass is 296 g/mol. The maximum atomic E-state index is 13.2. The summed E-state index contributed by atoms with van der Waals surface area (Å²) < 4.78 is 13.2. The third-order valence-corrected chi connectivity index (χ3v) is 3.52. The predicted octanol–water partition coefficient (Wildman–Crippen LogP) is 1.74. The molecule has 0 saturated carbocycles. The van der Waals surface area contributed by atoms with Crippen LogP contribution in [0.25, 0.3) is 0 Å². The van der Waals surface area contributed by atoms with Gasteiger partial charge >= 0.3 is 0 Å². The highest BCUT2D eigenvalue weighted by Crippen LogP contribution is 2.11. The molecule has 5 nitrogen and oxygen atoms in total. The number of amidine groups is 1. The van der Waals surface area contributed by atoms with E-state index in [0.717, 1.165) is 25.1 Å². The van der Waals surface area contributed by atoms with E-state index in [4.69, 9.17) is 10.9 Å². The minimum Gasteiger partial charge on any atom is -0.409 e. The van der Waals surface area contributed by atoms with Gasteiger partial charge in [0.25, 0.3) is 0 Å². The zero-order chi connectivity index (χ0) is 15.8. The summed E-state index contributed by atoms with van der Waals surface area (Å²) in [7, 11) is 2.10. The molecule has 4 N–H and O–H groups in total. The first-order chi connectivity index (χ1) is 9.95. The number of halogens is 1. The molecule has 0 radical (unpaired) electrons. The molecule has 0 atom stereocenters. The maximum absolute atomic E-state index is 13.2. The molecule has 0 aliphatic heterocycles. The van der Waals surface area contributed by atoms with Crippen LogP contribution < -0.4 is 11.1 Å². The van der Waals surface area contributed by atoms with Crippen LogP contribution in [0.1, 0.15) is 31.4 Å². The van der Waals surface area contributed by atoms with Crippen LogP contribution in [0.3, 0.4) is 0 Å². The molecule has 0 aromatic heterocycles. The van der Waals surface area contributed by atoms with Crippen molar-refractivity contribution in [2.24, 2.45) is 10.9 Å². The summed E-state index contributed by atoms with van der Waals surface area (Å²) in [6.07, 6.45) is 1.02. The standard InChI is InChI=1S/C15H25FN4O/c1-11(2)20(3)8-4-7-18-10-12-5-6-13(16)9-14(12)15(17)19-21/h5-6,9,11,18,21H,4,7-8,10H2,1-3H3,(H2,17,19). The van der Waals surface area contributed by atoms with Crippen molar-refractivity contribution in [2.45, 2.75) is 32.9 Å². The van der Waals surface area contributed by atoms with Crippen LogP contribution in [-0.2, 0) is 6.54 Å². The van der Waals surface area contributed by atoms with Gasteiger partial charge in [-0.15, -0.1) is 0 Å². The molecule has 6 heteroatoms. The molecule has 0 heterocycles. The number of hydrogen-bond acceptors (Lipinski definition) is 4. The van der Waals surface area contributed by atoms with Gasteiger partial charge in [-0.25, -0.2) is 4.39 Å². The molecular weight excluding hydrogens is 271 g/mol. The number of hydrogen-bond donors (Lipinski definition) is 3. The second-order valence-corrected chi connectivity index (χ2v) is 5.39. The lowest BCUT2D eigenvalue weighted by molar-refractivity contribution is 0.269. The van der Waals surface area contributed by atoms with E-state index < -0.39 is 5.82 Å². The molecule has 0 aliphatic rings. The summed E-state index contributed by atoms with van der Waals surface area (Å²) in [5, 5.41) is 15.0. The SMILES string of the molecule is CC(C)N(C)CCCNCc1ccc(F)cc1/C(N)=N/O. The van der Waals surface area contributed by atoms with Crippen LogP contribution in [-0.4, -0.2) is 42.1 Å². The van der Waals surface area contributed by atoms with Gasteiger partial charge in [0, 0.05) is 18.2 Å². The average molecular weight is 296 g/mol. The van der Waals surface area contributed by atoms with E-state index in [1.54, 1.807) is 6.07 Å². The molecule has 0 fully saturated rings. The van der Waals surface area contributed by atoms with E-state index in [2.05, 4.69) is 36.3 Å². The third kappa shape index (κ3) is 5.69. The molecule has 0 spiro atoms. The summed E-state index contributed by atoms with van der Waals surface area (Å²) >= 11 is 0.